The molecule has 1 unspecified atom stereocenters. The van der Waals surface area contributed by atoms with Gasteiger partial charge in [0.15, 0.2) is 20.4 Å². The van der Waals surface area contributed by atoms with Crippen molar-refractivity contribution in [1.82, 2.24) is 0 Å². The van der Waals surface area contributed by atoms with Gasteiger partial charge in [-0.2, -0.15) is 0 Å². The van der Waals surface area contributed by atoms with Crippen molar-refractivity contribution in [3.8, 4) is 0 Å². The number of hydrogen-bond donors (Lipinski definition) is 1. The fourth-order valence-electron chi connectivity index (χ4n) is 2.36. The van der Waals surface area contributed by atoms with Crippen LogP contribution in [0.15, 0.2) is 0 Å². The summed E-state index contributed by atoms with van der Waals surface area (Å²) < 4.78 is 23.5. The van der Waals surface area contributed by atoms with Crippen molar-refractivity contribution in [2.45, 2.75) is 83.1 Å². The highest BCUT2D eigenvalue weighted by molar-refractivity contribution is 6.74. The molecule has 6 heteroatoms. The molecule has 2 aliphatic rings. The van der Waals surface area contributed by atoms with Gasteiger partial charge >= 0.3 is 0 Å². The molecule has 5 nitrogen and oxygen atoms in total. The molecule has 20 heavy (non-hydrogen) atoms. The van der Waals surface area contributed by atoms with Crippen LogP contribution < -0.4 is 0 Å². The fourth-order valence-corrected chi connectivity index (χ4v) is 3.65. The zero-order chi connectivity index (χ0) is 15.3. The van der Waals surface area contributed by atoms with E-state index in [-0.39, 0.29) is 17.2 Å². The van der Waals surface area contributed by atoms with Crippen LogP contribution in [0.5, 0.6) is 0 Å². The summed E-state index contributed by atoms with van der Waals surface area (Å²) in [5.74, 6) is -0.655. The largest absolute Gasteiger partial charge is 0.406 e. The van der Waals surface area contributed by atoms with Crippen LogP contribution in [-0.2, 0) is 18.6 Å². The van der Waals surface area contributed by atoms with Crippen molar-refractivity contribution in [2.75, 3.05) is 6.61 Å². The molecule has 2 heterocycles. The van der Waals surface area contributed by atoms with Gasteiger partial charge in [0.1, 0.15) is 18.3 Å². The first-order valence-electron chi connectivity index (χ1n) is 7.26. The molecule has 118 valence electrons. The molecule has 4 atom stereocenters. The zero-order valence-electron chi connectivity index (χ0n) is 13.6. The van der Waals surface area contributed by atoms with E-state index in [4.69, 9.17) is 18.6 Å². The molecule has 2 fully saturated rings. The summed E-state index contributed by atoms with van der Waals surface area (Å²) in [6.07, 6.45) is -1.90. The first kappa shape index (κ1) is 16.4. The van der Waals surface area contributed by atoms with Crippen LogP contribution in [0.1, 0.15) is 34.6 Å². The van der Waals surface area contributed by atoms with Crippen LogP contribution in [-0.4, -0.2) is 50.4 Å². The van der Waals surface area contributed by atoms with Crippen LogP contribution in [0.4, 0.5) is 0 Å². The Morgan fingerprint density at radius 2 is 1.80 bits per heavy atom. The van der Waals surface area contributed by atoms with Gasteiger partial charge in [-0.05, 0) is 32.0 Å². The van der Waals surface area contributed by atoms with Crippen molar-refractivity contribution in [3.05, 3.63) is 0 Å². The Kier molecular flexibility index (Phi) is 4.13. The lowest BCUT2D eigenvalue weighted by atomic mass is 10.1. The summed E-state index contributed by atoms with van der Waals surface area (Å²) in [7, 11) is -2.02. The first-order valence-corrected chi connectivity index (χ1v) is 10.2. The average molecular weight is 304 g/mol. The van der Waals surface area contributed by atoms with Crippen LogP contribution >= 0.6 is 0 Å². The fraction of sp³-hybridized carbons (Fsp3) is 1.00. The van der Waals surface area contributed by atoms with Gasteiger partial charge in [0.2, 0.25) is 0 Å². The summed E-state index contributed by atoms with van der Waals surface area (Å²) >= 11 is 0. The minimum Gasteiger partial charge on any atom is -0.406 e. The lowest BCUT2D eigenvalue weighted by molar-refractivity contribution is -0.225. The average Bonchev–Trinajstić information content (AvgIpc) is 2.56. The molecular formula is C14H28O5Si. The van der Waals surface area contributed by atoms with Gasteiger partial charge in [-0.3, -0.25) is 0 Å². The van der Waals surface area contributed by atoms with Crippen molar-refractivity contribution in [3.63, 3.8) is 0 Å². The number of fused-ring (bicyclic) bond motifs is 1. The summed E-state index contributed by atoms with van der Waals surface area (Å²) in [4.78, 5) is 0. The Balaban J connectivity index is 2.17. The predicted molar refractivity (Wildman–Crippen MR) is 77.9 cm³/mol. The highest BCUT2D eigenvalue weighted by Crippen LogP contribution is 2.41. The molecule has 0 aromatic rings. The number of rotatable bonds is 2. The van der Waals surface area contributed by atoms with E-state index in [9.17, 15) is 5.11 Å². The maximum Gasteiger partial charge on any atom is 0.192 e. The maximum atomic E-state index is 10.2. The lowest BCUT2D eigenvalue weighted by Crippen LogP contribution is -2.58. The Morgan fingerprint density at radius 1 is 1.20 bits per heavy atom. The number of hydrogen-bond acceptors (Lipinski definition) is 5. The van der Waals surface area contributed by atoms with Gasteiger partial charge in [-0.1, -0.05) is 20.8 Å². The molecule has 0 amide bonds. The summed E-state index contributed by atoms with van der Waals surface area (Å²) in [6, 6.07) is 0. The predicted octanol–water partition coefficient (Wildman–Crippen LogP) is 2.25. The summed E-state index contributed by atoms with van der Waals surface area (Å²) in [5.41, 5.74) is 0. The third-order valence-corrected chi connectivity index (χ3v) is 8.97. The van der Waals surface area contributed by atoms with Gasteiger partial charge < -0.3 is 23.7 Å². The van der Waals surface area contributed by atoms with Crippen LogP contribution in [0, 0.1) is 0 Å². The van der Waals surface area contributed by atoms with Gasteiger partial charge in [0.05, 0.1) is 6.61 Å². The third-order valence-electron chi connectivity index (χ3n) is 4.49. The summed E-state index contributed by atoms with van der Waals surface area (Å²) in [5, 5.41) is 10.2. The Hall–Kier alpha value is 0.0169. The van der Waals surface area contributed by atoms with E-state index in [1.165, 1.54) is 0 Å². The van der Waals surface area contributed by atoms with Crippen molar-refractivity contribution in [1.29, 1.82) is 0 Å². The first-order chi connectivity index (χ1) is 8.93. The summed E-state index contributed by atoms with van der Waals surface area (Å²) in [6.45, 7) is 14.9. The van der Waals surface area contributed by atoms with Crippen LogP contribution in [0.2, 0.25) is 18.1 Å². The highest BCUT2D eigenvalue weighted by atomic mass is 28.4. The Morgan fingerprint density at radius 3 is 2.35 bits per heavy atom. The van der Waals surface area contributed by atoms with E-state index >= 15 is 0 Å². The molecule has 2 aliphatic heterocycles. The molecule has 0 spiro atoms. The molecule has 1 N–H and O–H groups in total. The third kappa shape index (κ3) is 3.10. The van der Waals surface area contributed by atoms with E-state index in [0.29, 0.717) is 6.61 Å². The molecule has 0 bridgehead atoms. The van der Waals surface area contributed by atoms with Gasteiger partial charge in [0, 0.05) is 0 Å². The van der Waals surface area contributed by atoms with Crippen molar-refractivity contribution < 1.29 is 23.7 Å². The van der Waals surface area contributed by atoms with E-state index in [1.54, 1.807) is 0 Å². The second-order valence-electron chi connectivity index (χ2n) is 7.71. The van der Waals surface area contributed by atoms with E-state index in [1.807, 2.05) is 13.8 Å². The Bertz CT molecular complexity index is 363. The molecule has 0 aromatic heterocycles. The van der Waals surface area contributed by atoms with Crippen LogP contribution in [0.3, 0.4) is 0 Å². The van der Waals surface area contributed by atoms with Gasteiger partial charge in [-0.15, -0.1) is 0 Å². The minimum atomic E-state index is -2.02. The monoisotopic (exact) mass is 304 g/mol. The molecular weight excluding hydrogens is 276 g/mol. The van der Waals surface area contributed by atoms with Crippen LogP contribution in [0.25, 0.3) is 0 Å². The maximum absolute atomic E-state index is 10.2. The van der Waals surface area contributed by atoms with E-state index in [0.717, 1.165) is 0 Å². The minimum absolute atomic E-state index is 0.0641. The molecule has 2 saturated heterocycles. The highest BCUT2D eigenvalue weighted by Gasteiger charge is 2.53. The van der Waals surface area contributed by atoms with Gasteiger partial charge in [-0.25, -0.2) is 0 Å². The topological polar surface area (TPSA) is 57.2 Å². The lowest BCUT2D eigenvalue weighted by Gasteiger charge is -2.44. The number of aliphatic hydroxyl groups excluding tert-OH is 1. The molecule has 0 saturated carbocycles. The Labute approximate surface area is 122 Å². The molecule has 0 radical (unpaired) electrons. The normalized spacial score (nSPS) is 37.8. The van der Waals surface area contributed by atoms with Crippen molar-refractivity contribution >= 4 is 8.32 Å². The van der Waals surface area contributed by atoms with E-state index in [2.05, 4.69) is 33.9 Å². The molecule has 2 rings (SSSR count). The second kappa shape index (κ2) is 5.03. The standard InChI is InChI=1S/C14H28O5Si/c1-13(2,3)20(6,7)19-11-10-9(8-16-12(11)15)17-14(4,5)18-10/h9-12,15H,8H2,1-7H3/t9-,10-,11+,12?/m0/s1. The SMILES string of the molecule is CC1(C)O[C@H]2[C@H](COC(O)[C@@H]2O[Si](C)(C)C(C)(C)C)O1. The van der Waals surface area contributed by atoms with E-state index < -0.39 is 26.5 Å². The number of ether oxygens (including phenoxy) is 3. The smallest absolute Gasteiger partial charge is 0.192 e. The molecule has 0 aromatic carbocycles. The quantitative estimate of drug-likeness (QED) is 0.793. The van der Waals surface area contributed by atoms with Gasteiger partial charge in [0.25, 0.3) is 0 Å². The number of aliphatic hydroxyl groups is 1. The van der Waals surface area contributed by atoms with Crippen molar-refractivity contribution in [2.24, 2.45) is 0 Å². The molecule has 0 aliphatic carbocycles. The zero-order valence-corrected chi connectivity index (χ0v) is 14.6. The second-order valence-corrected chi connectivity index (χ2v) is 12.5.